The number of ether oxygens (including phenoxy) is 1. The van der Waals surface area contributed by atoms with Crippen molar-refractivity contribution < 1.29 is 4.74 Å². The third-order valence-corrected chi connectivity index (χ3v) is 6.23. The lowest BCUT2D eigenvalue weighted by Gasteiger charge is -2.38. The lowest BCUT2D eigenvalue weighted by Crippen LogP contribution is -2.43. The SMILES string of the molecule is CCCN1C=COc2nc(-c3ccc(C4(N)CCC4)cc3)c(-c3ccccc3)cc21. The molecule has 1 aromatic heterocycles. The van der Waals surface area contributed by atoms with E-state index in [0.717, 1.165) is 53.9 Å². The van der Waals surface area contributed by atoms with Gasteiger partial charge in [-0.2, -0.15) is 0 Å². The molecule has 2 aromatic carbocycles. The number of nitrogens with zero attached hydrogens (tertiary/aromatic N) is 2. The predicted octanol–water partition coefficient (Wildman–Crippen LogP) is 5.83. The zero-order chi connectivity index (χ0) is 20.6. The van der Waals surface area contributed by atoms with Crippen LogP contribution in [0.3, 0.4) is 0 Å². The molecule has 2 aliphatic rings. The molecule has 3 aromatic rings. The Labute approximate surface area is 178 Å². The van der Waals surface area contributed by atoms with Crippen LogP contribution in [-0.4, -0.2) is 11.5 Å². The maximum atomic E-state index is 6.52. The number of benzene rings is 2. The van der Waals surface area contributed by atoms with Crippen molar-refractivity contribution >= 4 is 5.69 Å². The highest BCUT2D eigenvalue weighted by molar-refractivity contribution is 5.85. The first kappa shape index (κ1) is 18.9. The third kappa shape index (κ3) is 3.27. The highest BCUT2D eigenvalue weighted by atomic mass is 16.5. The van der Waals surface area contributed by atoms with Crippen molar-refractivity contribution in [2.45, 2.75) is 38.1 Å². The van der Waals surface area contributed by atoms with Crippen molar-refractivity contribution in [1.29, 1.82) is 0 Å². The monoisotopic (exact) mass is 397 g/mol. The van der Waals surface area contributed by atoms with Gasteiger partial charge in [0.05, 0.1) is 5.69 Å². The van der Waals surface area contributed by atoms with Crippen LogP contribution in [0.4, 0.5) is 5.69 Å². The zero-order valence-corrected chi connectivity index (χ0v) is 17.3. The number of nitrogens with two attached hydrogens (primary N) is 1. The number of hydrogen-bond acceptors (Lipinski definition) is 4. The maximum Gasteiger partial charge on any atom is 0.243 e. The number of hydrogen-bond donors (Lipinski definition) is 1. The lowest BCUT2D eigenvalue weighted by atomic mass is 9.72. The van der Waals surface area contributed by atoms with Gasteiger partial charge in [0.15, 0.2) is 0 Å². The van der Waals surface area contributed by atoms with E-state index in [4.69, 9.17) is 15.5 Å². The highest BCUT2D eigenvalue weighted by Gasteiger charge is 2.34. The molecule has 4 nitrogen and oxygen atoms in total. The molecule has 1 aliphatic carbocycles. The summed E-state index contributed by atoms with van der Waals surface area (Å²) in [4.78, 5) is 7.18. The van der Waals surface area contributed by atoms with Crippen LogP contribution in [0.1, 0.15) is 38.2 Å². The molecular formula is C26H27N3O. The summed E-state index contributed by atoms with van der Waals surface area (Å²) in [5.74, 6) is 0.652. The van der Waals surface area contributed by atoms with Gasteiger partial charge in [-0.15, -0.1) is 0 Å². The molecule has 30 heavy (non-hydrogen) atoms. The van der Waals surface area contributed by atoms with Gasteiger partial charge < -0.3 is 15.4 Å². The van der Waals surface area contributed by atoms with Gasteiger partial charge in [0.1, 0.15) is 11.9 Å². The first-order valence-corrected chi connectivity index (χ1v) is 10.8. The molecule has 2 heterocycles. The van der Waals surface area contributed by atoms with Crippen LogP contribution in [0.5, 0.6) is 5.88 Å². The molecular weight excluding hydrogens is 370 g/mol. The molecule has 0 amide bonds. The van der Waals surface area contributed by atoms with Gasteiger partial charge in [-0.05, 0) is 42.9 Å². The average Bonchev–Trinajstić information content (AvgIpc) is 2.78. The first-order chi connectivity index (χ1) is 14.7. The van der Waals surface area contributed by atoms with E-state index >= 15 is 0 Å². The molecule has 0 saturated heterocycles. The first-order valence-electron chi connectivity index (χ1n) is 10.8. The largest absolute Gasteiger partial charge is 0.443 e. The van der Waals surface area contributed by atoms with Gasteiger partial charge >= 0.3 is 0 Å². The van der Waals surface area contributed by atoms with Crippen LogP contribution in [0, 0.1) is 0 Å². The van der Waals surface area contributed by atoms with Crippen molar-refractivity contribution in [3.8, 4) is 28.3 Å². The number of rotatable bonds is 5. The summed E-state index contributed by atoms with van der Waals surface area (Å²) >= 11 is 0. The summed E-state index contributed by atoms with van der Waals surface area (Å²) in [6, 6.07) is 21.3. The van der Waals surface area contributed by atoms with Crippen LogP contribution in [-0.2, 0) is 5.54 Å². The Hall–Kier alpha value is -3.11. The molecule has 0 atom stereocenters. The topological polar surface area (TPSA) is 51.4 Å². The summed E-state index contributed by atoms with van der Waals surface area (Å²) in [5.41, 5.74) is 12.8. The van der Waals surface area contributed by atoms with Crippen molar-refractivity contribution in [1.82, 2.24) is 4.98 Å². The van der Waals surface area contributed by atoms with E-state index < -0.39 is 0 Å². The van der Waals surface area contributed by atoms with Gasteiger partial charge in [-0.1, -0.05) is 61.5 Å². The third-order valence-electron chi connectivity index (χ3n) is 6.23. The van der Waals surface area contributed by atoms with Crippen molar-refractivity contribution in [2.24, 2.45) is 5.73 Å². The van der Waals surface area contributed by atoms with Crippen LogP contribution in [0.15, 0.2) is 73.1 Å². The lowest BCUT2D eigenvalue weighted by molar-refractivity contribution is 0.253. The number of pyridine rings is 1. The Kier molecular flexibility index (Phi) is 4.80. The Morgan fingerprint density at radius 3 is 2.47 bits per heavy atom. The van der Waals surface area contributed by atoms with Crippen LogP contribution in [0.2, 0.25) is 0 Å². The summed E-state index contributed by atoms with van der Waals surface area (Å²) in [7, 11) is 0. The molecule has 152 valence electrons. The minimum absolute atomic E-state index is 0.154. The molecule has 5 rings (SSSR count). The quantitative estimate of drug-likeness (QED) is 0.588. The molecule has 0 radical (unpaired) electrons. The molecule has 1 saturated carbocycles. The van der Waals surface area contributed by atoms with E-state index in [1.54, 1.807) is 6.26 Å². The fourth-order valence-corrected chi connectivity index (χ4v) is 4.33. The fourth-order valence-electron chi connectivity index (χ4n) is 4.33. The second-order valence-electron chi connectivity index (χ2n) is 8.26. The molecule has 2 N–H and O–H groups in total. The Balaban J connectivity index is 1.62. The van der Waals surface area contributed by atoms with E-state index in [0.29, 0.717) is 5.88 Å². The number of aromatic nitrogens is 1. The molecule has 1 fully saturated rings. The smallest absolute Gasteiger partial charge is 0.243 e. The number of anilines is 1. The van der Waals surface area contributed by atoms with Crippen LogP contribution >= 0.6 is 0 Å². The van der Waals surface area contributed by atoms with Crippen molar-refractivity contribution in [3.63, 3.8) is 0 Å². The standard InChI is InChI=1S/C26H27N3O/c1-2-15-29-16-17-30-25-23(29)18-22(19-7-4-3-5-8-19)24(28-25)20-9-11-21(12-10-20)26(27)13-6-14-26/h3-5,7-12,16-18H,2,6,13-15,27H2,1H3. The Bertz CT molecular complexity index is 1070. The molecule has 1 aliphatic heterocycles. The van der Waals surface area contributed by atoms with Gasteiger partial charge in [-0.3, -0.25) is 0 Å². The minimum Gasteiger partial charge on any atom is -0.443 e. The summed E-state index contributed by atoms with van der Waals surface area (Å²) < 4.78 is 5.80. The maximum absolute atomic E-state index is 6.52. The van der Waals surface area contributed by atoms with E-state index in [1.165, 1.54) is 12.0 Å². The summed E-state index contributed by atoms with van der Waals surface area (Å²) in [6.45, 7) is 3.10. The fraction of sp³-hybridized carbons (Fsp3) is 0.269. The summed E-state index contributed by atoms with van der Waals surface area (Å²) in [6.07, 6.45) is 8.08. The van der Waals surface area contributed by atoms with E-state index in [2.05, 4.69) is 66.4 Å². The molecule has 4 heteroatoms. The van der Waals surface area contributed by atoms with Gasteiger partial charge in [0, 0.05) is 29.4 Å². The zero-order valence-electron chi connectivity index (χ0n) is 17.3. The second-order valence-corrected chi connectivity index (χ2v) is 8.26. The minimum atomic E-state index is -0.154. The molecule has 0 unspecified atom stereocenters. The van der Waals surface area contributed by atoms with E-state index in [9.17, 15) is 0 Å². The second kappa shape index (κ2) is 7.62. The highest BCUT2D eigenvalue weighted by Crippen LogP contribution is 2.42. The molecule has 0 spiro atoms. The van der Waals surface area contributed by atoms with Crippen LogP contribution < -0.4 is 15.4 Å². The van der Waals surface area contributed by atoms with Gasteiger partial charge in [-0.25, -0.2) is 4.98 Å². The average molecular weight is 398 g/mol. The van der Waals surface area contributed by atoms with Crippen molar-refractivity contribution in [2.75, 3.05) is 11.4 Å². The van der Waals surface area contributed by atoms with E-state index in [1.807, 2.05) is 12.3 Å². The number of fused-ring (bicyclic) bond motifs is 1. The Morgan fingerprint density at radius 2 is 1.80 bits per heavy atom. The van der Waals surface area contributed by atoms with Crippen LogP contribution in [0.25, 0.3) is 22.4 Å². The normalized spacial score (nSPS) is 16.5. The summed E-state index contributed by atoms with van der Waals surface area (Å²) in [5, 5.41) is 0. The van der Waals surface area contributed by atoms with Gasteiger partial charge in [0.2, 0.25) is 5.88 Å². The predicted molar refractivity (Wildman–Crippen MR) is 122 cm³/mol. The van der Waals surface area contributed by atoms with Crippen molar-refractivity contribution in [3.05, 3.63) is 78.7 Å². The Morgan fingerprint density at radius 1 is 1.03 bits per heavy atom. The molecule has 0 bridgehead atoms. The van der Waals surface area contributed by atoms with Gasteiger partial charge in [0.25, 0.3) is 0 Å². The van der Waals surface area contributed by atoms with E-state index in [-0.39, 0.29) is 5.54 Å².